The van der Waals surface area contributed by atoms with Gasteiger partial charge in [0.25, 0.3) is 0 Å². The fourth-order valence-electron chi connectivity index (χ4n) is 2.46. The molecule has 0 saturated carbocycles. The van der Waals surface area contributed by atoms with Crippen LogP contribution in [0, 0.1) is 12.7 Å². The summed E-state index contributed by atoms with van der Waals surface area (Å²) < 4.78 is 14.9. The molecule has 0 unspecified atom stereocenters. The minimum atomic E-state index is -0.256. The molecule has 92 valence electrons. The predicted octanol–water partition coefficient (Wildman–Crippen LogP) is 2.84. The molecule has 0 fully saturated rings. The summed E-state index contributed by atoms with van der Waals surface area (Å²) in [4.78, 5) is 11.8. The summed E-state index contributed by atoms with van der Waals surface area (Å²) in [5.41, 5.74) is 3.32. The Balaban J connectivity index is 2.15. The zero-order chi connectivity index (χ0) is 12.7. The molecular formula is C14H13FN2O. The third-order valence-electron chi connectivity index (χ3n) is 3.37. The summed E-state index contributed by atoms with van der Waals surface area (Å²) in [5, 5.41) is 4.28. The summed E-state index contributed by atoms with van der Waals surface area (Å²) >= 11 is 0. The molecule has 0 radical (unpaired) electrons. The number of carbonyl (C=O) groups is 1. The highest BCUT2D eigenvalue weighted by atomic mass is 19.1. The first-order chi connectivity index (χ1) is 8.66. The van der Waals surface area contributed by atoms with E-state index in [0.29, 0.717) is 12.0 Å². The highest BCUT2D eigenvalue weighted by Crippen LogP contribution is 2.25. The van der Waals surface area contributed by atoms with E-state index in [1.54, 1.807) is 16.9 Å². The van der Waals surface area contributed by atoms with Gasteiger partial charge >= 0.3 is 0 Å². The van der Waals surface area contributed by atoms with Gasteiger partial charge in [0.05, 0.1) is 23.1 Å². The minimum absolute atomic E-state index is 0.155. The summed E-state index contributed by atoms with van der Waals surface area (Å²) in [6, 6.07) is 4.60. The number of halogens is 1. The van der Waals surface area contributed by atoms with Gasteiger partial charge in [-0.3, -0.25) is 4.79 Å². The van der Waals surface area contributed by atoms with Crippen LogP contribution < -0.4 is 0 Å². The summed E-state index contributed by atoms with van der Waals surface area (Å²) in [7, 11) is 0. The molecule has 0 bridgehead atoms. The SMILES string of the molecule is Cc1cc(F)ccc1-n1ncc2c1CCCC2=O. The monoisotopic (exact) mass is 244 g/mol. The second-order valence-corrected chi connectivity index (χ2v) is 4.62. The number of fused-ring (bicyclic) bond motifs is 1. The molecule has 3 nitrogen and oxygen atoms in total. The number of aromatic nitrogens is 2. The molecular weight excluding hydrogens is 231 g/mol. The van der Waals surface area contributed by atoms with Crippen LogP contribution in [0.25, 0.3) is 5.69 Å². The molecule has 2 aromatic rings. The summed E-state index contributed by atoms with van der Waals surface area (Å²) in [6.45, 7) is 1.84. The van der Waals surface area contributed by atoms with Crippen molar-refractivity contribution in [1.82, 2.24) is 9.78 Å². The third kappa shape index (κ3) is 1.65. The second-order valence-electron chi connectivity index (χ2n) is 4.62. The van der Waals surface area contributed by atoms with E-state index in [2.05, 4.69) is 5.10 Å². The van der Waals surface area contributed by atoms with Gasteiger partial charge in [0, 0.05) is 6.42 Å². The lowest BCUT2D eigenvalue weighted by atomic mass is 9.97. The quantitative estimate of drug-likeness (QED) is 0.773. The first-order valence-corrected chi connectivity index (χ1v) is 6.03. The smallest absolute Gasteiger partial charge is 0.166 e. The molecule has 0 atom stereocenters. The van der Waals surface area contributed by atoms with E-state index < -0.39 is 0 Å². The van der Waals surface area contributed by atoms with Crippen LogP contribution in [0.2, 0.25) is 0 Å². The van der Waals surface area contributed by atoms with Crippen LogP contribution in [0.1, 0.15) is 34.5 Å². The molecule has 0 amide bonds. The Labute approximate surface area is 104 Å². The zero-order valence-corrected chi connectivity index (χ0v) is 10.1. The number of hydrogen-bond donors (Lipinski definition) is 0. The van der Waals surface area contributed by atoms with E-state index >= 15 is 0 Å². The van der Waals surface area contributed by atoms with Crippen LogP contribution in [0.4, 0.5) is 4.39 Å². The average molecular weight is 244 g/mol. The standard InChI is InChI=1S/C14H13FN2O/c1-9-7-10(15)5-6-12(9)17-13-3-2-4-14(18)11(13)8-16-17/h5-8H,2-4H2,1H3. The van der Waals surface area contributed by atoms with Crippen molar-refractivity contribution in [3.63, 3.8) is 0 Å². The fourth-order valence-corrected chi connectivity index (χ4v) is 2.46. The van der Waals surface area contributed by atoms with Crippen LogP contribution >= 0.6 is 0 Å². The number of aryl methyl sites for hydroxylation is 1. The largest absolute Gasteiger partial charge is 0.294 e. The van der Waals surface area contributed by atoms with Crippen LogP contribution in [-0.2, 0) is 6.42 Å². The van der Waals surface area contributed by atoms with Crippen molar-refractivity contribution in [2.75, 3.05) is 0 Å². The maximum atomic E-state index is 13.1. The Hall–Kier alpha value is -1.97. The maximum Gasteiger partial charge on any atom is 0.166 e. The highest BCUT2D eigenvalue weighted by Gasteiger charge is 2.22. The van der Waals surface area contributed by atoms with Gasteiger partial charge < -0.3 is 0 Å². The molecule has 1 heterocycles. The van der Waals surface area contributed by atoms with Crippen molar-refractivity contribution in [2.45, 2.75) is 26.2 Å². The molecule has 1 aromatic carbocycles. The lowest BCUT2D eigenvalue weighted by Crippen LogP contribution is -2.13. The van der Waals surface area contributed by atoms with E-state index in [0.717, 1.165) is 29.8 Å². The Morgan fingerprint density at radius 3 is 2.94 bits per heavy atom. The van der Waals surface area contributed by atoms with Crippen molar-refractivity contribution >= 4 is 5.78 Å². The molecule has 0 saturated heterocycles. The maximum absolute atomic E-state index is 13.1. The number of hydrogen-bond acceptors (Lipinski definition) is 2. The van der Waals surface area contributed by atoms with E-state index in [9.17, 15) is 9.18 Å². The number of ketones is 1. The number of rotatable bonds is 1. The van der Waals surface area contributed by atoms with Gasteiger partial charge in [0.1, 0.15) is 5.82 Å². The van der Waals surface area contributed by atoms with Gasteiger partial charge in [-0.15, -0.1) is 0 Å². The third-order valence-corrected chi connectivity index (χ3v) is 3.37. The first kappa shape index (κ1) is 11.1. The van der Waals surface area contributed by atoms with Crippen molar-refractivity contribution in [2.24, 2.45) is 0 Å². The molecule has 1 aliphatic rings. The van der Waals surface area contributed by atoms with E-state index in [1.165, 1.54) is 12.1 Å². The Bertz CT molecular complexity index is 631. The number of carbonyl (C=O) groups excluding carboxylic acids is 1. The second kappa shape index (κ2) is 4.05. The van der Waals surface area contributed by atoms with Gasteiger partial charge in [-0.05, 0) is 43.5 Å². The van der Waals surface area contributed by atoms with Gasteiger partial charge in [0.15, 0.2) is 5.78 Å². The number of Topliss-reactive ketones (excluding diaryl/α,β-unsaturated/α-hetero) is 1. The Kier molecular flexibility index (Phi) is 2.51. The van der Waals surface area contributed by atoms with Gasteiger partial charge in [-0.2, -0.15) is 5.10 Å². The molecule has 18 heavy (non-hydrogen) atoms. The molecule has 0 aliphatic heterocycles. The van der Waals surface area contributed by atoms with Gasteiger partial charge in [-0.1, -0.05) is 0 Å². The van der Waals surface area contributed by atoms with Crippen molar-refractivity contribution in [3.8, 4) is 5.69 Å². The zero-order valence-electron chi connectivity index (χ0n) is 10.1. The first-order valence-electron chi connectivity index (χ1n) is 6.03. The molecule has 0 spiro atoms. The Morgan fingerprint density at radius 1 is 1.33 bits per heavy atom. The average Bonchev–Trinajstić information content (AvgIpc) is 2.74. The van der Waals surface area contributed by atoms with Crippen LogP contribution in [0.5, 0.6) is 0 Å². The molecule has 4 heteroatoms. The van der Waals surface area contributed by atoms with Crippen molar-refractivity contribution < 1.29 is 9.18 Å². The molecule has 0 N–H and O–H groups in total. The fraction of sp³-hybridized carbons (Fsp3) is 0.286. The van der Waals surface area contributed by atoms with E-state index in [4.69, 9.17) is 0 Å². The molecule has 3 rings (SSSR count). The topological polar surface area (TPSA) is 34.9 Å². The Morgan fingerprint density at radius 2 is 2.17 bits per heavy atom. The number of nitrogens with zero attached hydrogens (tertiary/aromatic N) is 2. The molecule has 1 aromatic heterocycles. The van der Waals surface area contributed by atoms with Crippen molar-refractivity contribution in [1.29, 1.82) is 0 Å². The van der Waals surface area contributed by atoms with Crippen LogP contribution in [0.3, 0.4) is 0 Å². The number of benzene rings is 1. The normalized spacial score (nSPS) is 14.7. The van der Waals surface area contributed by atoms with Gasteiger partial charge in [0.2, 0.25) is 0 Å². The van der Waals surface area contributed by atoms with Crippen LogP contribution in [0.15, 0.2) is 24.4 Å². The van der Waals surface area contributed by atoms with Gasteiger partial charge in [-0.25, -0.2) is 9.07 Å². The van der Waals surface area contributed by atoms with E-state index in [1.807, 2.05) is 6.92 Å². The summed E-state index contributed by atoms with van der Waals surface area (Å²) in [5.74, 6) is -0.101. The minimum Gasteiger partial charge on any atom is -0.294 e. The lowest BCUT2D eigenvalue weighted by molar-refractivity contribution is 0.0972. The van der Waals surface area contributed by atoms with Crippen molar-refractivity contribution in [3.05, 3.63) is 47.0 Å². The van der Waals surface area contributed by atoms with E-state index in [-0.39, 0.29) is 11.6 Å². The molecule has 1 aliphatic carbocycles. The lowest BCUT2D eigenvalue weighted by Gasteiger charge is -2.14. The van der Waals surface area contributed by atoms with Crippen LogP contribution in [-0.4, -0.2) is 15.6 Å². The predicted molar refractivity (Wildman–Crippen MR) is 65.5 cm³/mol. The summed E-state index contributed by atoms with van der Waals surface area (Å²) in [6.07, 6.45) is 3.93. The highest BCUT2D eigenvalue weighted by molar-refractivity contribution is 5.98.